The molecule has 1 atom stereocenters. The molecule has 24 heavy (non-hydrogen) atoms. The molecule has 0 fully saturated rings. The third-order valence-corrected chi connectivity index (χ3v) is 3.73. The van der Waals surface area contributed by atoms with E-state index in [-0.39, 0.29) is 11.9 Å². The molecule has 5 heteroatoms. The maximum Gasteiger partial charge on any atom is 0.191 e. The first-order chi connectivity index (χ1) is 11.7. The highest BCUT2D eigenvalue weighted by atomic mass is 19.1. The minimum atomic E-state index is -0.208. The summed E-state index contributed by atoms with van der Waals surface area (Å²) in [5.74, 6) is 0.491. The molecule has 0 bridgehead atoms. The van der Waals surface area contributed by atoms with Crippen molar-refractivity contribution < 1.29 is 9.13 Å². The number of guanidine groups is 1. The Labute approximate surface area is 142 Å². The van der Waals surface area contributed by atoms with E-state index in [9.17, 15) is 4.39 Å². The van der Waals surface area contributed by atoms with E-state index in [2.05, 4.69) is 15.6 Å². The Hall–Kier alpha value is -2.40. The van der Waals surface area contributed by atoms with Crippen molar-refractivity contribution in [3.05, 3.63) is 71.5 Å². The van der Waals surface area contributed by atoms with Crippen LogP contribution in [0.1, 0.15) is 17.2 Å². The van der Waals surface area contributed by atoms with Gasteiger partial charge < -0.3 is 15.4 Å². The molecule has 0 aliphatic rings. The van der Waals surface area contributed by atoms with Crippen molar-refractivity contribution in [2.45, 2.75) is 12.5 Å². The second-order valence-electron chi connectivity index (χ2n) is 5.39. The SMILES string of the molecule is CN=C(NCCc1cccc(F)c1)NCC(OC)c1ccccc1. The van der Waals surface area contributed by atoms with E-state index in [1.807, 2.05) is 36.4 Å². The number of hydrogen-bond donors (Lipinski definition) is 2. The zero-order valence-corrected chi connectivity index (χ0v) is 14.1. The van der Waals surface area contributed by atoms with Gasteiger partial charge in [0.05, 0.1) is 6.10 Å². The Kier molecular flexibility index (Phi) is 7.23. The summed E-state index contributed by atoms with van der Waals surface area (Å²) in [6.45, 7) is 1.28. The van der Waals surface area contributed by atoms with Gasteiger partial charge >= 0.3 is 0 Å². The Morgan fingerprint density at radius 3 is 2.58 bits per heavy atom. The van der Waals surface area contributed by atoms with Gasteiger partial charge in [-0.25, -0.2) is 4.39 Å². The van der Waals surface area contributed by atoms with Gasteiger partial charge in [-0.2, -0.15) is 0 Å². The lowest BCUT2D eigenvalue weighted by atomic mass is 10.1. The second-order valence-corrected chi connectivity index (χ2v) is 5.39. The largest absolute Gasteiger partial charge is 0.375 e. The first-order valence-electron chi connectivity index (χ1n) is 7.99. The Morgan fingerprint density at radius 1 is 1.12 bits per heavy atom. The summed E-state index contributed by atoms with van der Waals surface area (Å²) in [6, 6.07) is 16.7. The zero-order chi connectivity index (χ0) is 17.2. The third kappa shape index (κ3) is 5.66. The summed E-state index contributed by atoms with van der Waals surface area (Å²) < 4.78 is 18.7. The number of rotatable bonds is 7. The van der Waals surface area contributed by atoms with Crippen LogP contribution >= 0.6 is 0 Å². The number of methoxy groups -OCH3 is 1. The van der Waals surface area contributed by atoms with Gasteiger partial charge in [0.15, 0.2) is 5.96 Å². The molecule has 0 amide bonds. The van der Waals surface area contributed by atoms with Gasteiger partial charge in [0.1, 0.15) is 5.82 Å². The Balaban J connectivity index is 1.79. The van der Waals surface area contributed by atoms with Gasteiger partial charge in [-0.15, -0.1) is 0 Å². The molecule has 0 radical (unpaired) electrons. The van der Waals surface area contributed by atoms with Gasteiger partial charge in [-0.1, -0.05) is 42.5 Å². The molecule has 0 aromatic heterocycles. The van der Waals surface area contributed by atoms with Gasteiger partial charge in [0.2, 0.25) is 0 Å². The molecule has 2 rings (SSSR count). The number of nitrogens with one attached hydrogen (secondary N) is 2. The van der Waals surface area contributed by atoms with Crippen molar-refractivity contribution in [3.63, 3.8) is 0 Å². The van der Waals surface area contributed by atoms with E-state index >= 15 is 0 Å². The van der Waals surface area contributed by atoms with Crippen LogP contribution in [-0.2, 0) is 11.2 Å². The molecule has 0 spiro atoms. The first kappa shape index (κ1) is 17.9. The number of hydrogen-bond acceptors (Lipinski definition) is 2. The van der Waals surface area contributed by atoms with Crippen LogP contribution in [0.2, 0.25) is 0 Å². The summed E-state index contributed by atoms with van der Waals surface area (Å²) in [4.78, 5) is 4.20. The quantitative estimate of drug-likeness (QED) is 0.606. The van der Waals surface area contributed by atoms with Crippen molar-refractivity contribution in [2.24, 2.45) is 4.99 Å². The highest BCUT2D eigenvalue weighted by Gasteiger charge is 2.10. The van der Waals surface area contributed by atoms with Crippen molar-refractivity contribution in [2.75, 3.05) is 27.2 Å². The van der Waals surface area contributed by atoms with E-state index in [0.717, 1.165) is 17.5 Å². The highest BCUT2D eigenvalue weighted by molar-refractivity contribution is 5.79. The lowest BCUT2D eigenvalue weighted by Gasteiger charge is -2.18. The zero-order valence-electron chi connectivity index (χ0n) is 14.1. The summed E-state index contributed by atoms with van der Waals surface area (Å²) in [6.07, 6.45) is 0.679. The molecular weight excluding hydrogens is 305 g/mol. The predicted octanol–water partition coefficient (Wildman–Crippen LogP) is 2.92. The van der Waals surface area contributed by atoms with Crippen molar-refractivity contribution in [1.29, 1.82) is 0 Å². The van der Waals surface area contributed by atoms with E-state index < -0.39 is 0 Å². The number of halogens is 1. The standard InChI is InChI=1S/C19H24FN3O/c1-21-19(22-12-11-15-7-6-10-17(20)13-15)23-14-18(24-2)16-8-4-3-5-9-16/h3-10,13,18H,11-12,14H2,1-2H3,(H2,21,22,23). The smallest absolute Gasteiger partial charge is 0.191 e. The fourth-order valence-electron chi connectivity index (χ4n) is 2.43. The summed E-state index contributed by atoms with van der Waals surface area (Å²) >= 11 is 0. The molecule has 4 nitrogen and oxygen atoms in total. The Bertz CT molecular complexity index is 646. The van der Waals surface area contributed by atoms with Crippen LogP contribution in [0, 0.1) is 5.82 Å². The molecule has 2 aromatic rings. The summed E-state index contributed by atoms with van der Waals surface area (Å²) in [7, 11) is 3.42. The molecule has 0 saturated heterocycles. The van der Waals surface area contributed by atoms with E-state index in [0.29, 0.717) is 19.0 Å². The monoisotopic (exact) mass is 329 g/mol. The number of benzene rings is 2. The molecule has 1 unspecified atom stereocenters. The maximum atomic E-state index is 13.2. The van der Waals surface area contributed by atoms with Crippen molar-refractivity contribution >= 4 is 5.96 Å². The fourth-order valence-corrected chi connectivity index (χ4v) is 2.43. The lowest BCUT2D eigenvalue weighted by molar-refractivity contribution is 0.106. The molecule has 2 aromatic carbocycles. The predicted molar refractivity (Wildman–Crippen MR) is 95.7 cm³/mol. The Morgan fingerprint density at radius 2 is 1.92 bits per heavy atom. The number of ether oxygens (including phenoxy) is 1. The first-order valence-corrected chi connectivity index (χ1v) is 7.99. The van der Waals surface area contributed by atoms with E-state index in [1.165, 1.54) is 6.07 Å². The molecule has 128 valence electrons. The van der Waals surface area contributed by atoms with E-state index in [4.69, 9.17) is 4.74 Å². The van der Waals surface area contributed by atoms with Crippen LogP contribution < -0.4 is 10.6 Å². The average Bonchev–Trinajstić information content (AvgIpc) is 2.61. The lowest BCUT2D eigenvalue weighted by Crippen LogP contribution is -2.40. The second kappa shape index (κ2) is 9.67. The topological polar surface area (TPSA) is 45.7 Å². The van der Waals surface area contributed by atoms with Gasteiger partial charge in [0, 0.05) is 27.2 Å². The van der Waals surface area contributed by atoms with Crippen molar-refractivity contribution in [1.82, 2.24) is 10.6 Å². The van der Waals surface area contributed by atoms with Gasteiger partial charge in [-0.3, -0.25) is 4.99 Å². The number of nitrogens with zero attached hydrogens (tertiary/aromatic N) is 1. The minimum Gasteiger partial charge on any atom is -0.375 e. The third-order valence-electron chi connectivity index (χ3n) is 3.73. The maximum absolute atomic E-state index is 13.2. The number of aliphatic imine (C=N–C) groups is 1. The molecule has 0 heterocycles. The molecule has 0 aliphatic heterocycles. The molecule has 2 N–H and O–H groups in total. The van der Waals surface area contributed by atoms with Crippen molar-refractivity contribution in [3.8, 4) is 0 Å². The van der Waals surface area contributed by atoms with Crippen LogP contribution in [0.25, 0.3) is 0 Å². The minimum absolute atomic E-state index is 0.0482. The van der Waals surface area contributed by atoms with Crippen LogP contribution in [0.3, 0.4) is 0 Å². The van der Waals surface area contributed by atoms with Gasteiger partial charge in [0.25, 0.3) is 0 Å². The van der Waals surface area contributed by atoms with Crippen LogP contribution in [0.4, 0.5) is 4.39 Å². The fraction of sp³-hybridized carbons (Fsp3) is 0.316. The van der Waals surface area contributed by atoms with Gasteiger partial charge in [-0.05, 0) is 29.7 Å². The summed E-state index contributed by atoms with van der Waals surface area (Å²) in [5.41, 5.74) is 2.07. The molecular formula is C19H24FN3O. The summed E-state index contributed by atoms with van der Waals surface area (Å²) in [5, 5.41) is 6.49. The molecule has 0 saturated carbocycles. The highest BCUT2D eigenvalue weighted by Crippen LogP contribution is 2.14. The van der Waals surface area contributed by atoms with Crippen LogP contribution in [-0.4, -0.2) is 33.2 Å². The average molecular weight is 329 g/mol. The van der Waals surface area contributed by atoms with Crippen LogP contribution in [0.5, 0.6) is 0 Å². The van der Waals surface area contributed by atoms with Crippen LogP contribution in [0.15, 0.2) is 59.6 Å². The van der Waals surface area contributed by atoms with E-state index in [1.54, 1.807) is 26.3 Å². The normalized spacial score (nSPS) is 12.7. The molecule has 0 aliphatic carbocycles.